The van der Waals surface area contributed by atoms with E-state index in [4.69, 9.17) is 5.73 Å². The fourth-order valence-electron chi connectivity index (χ4n) is 2.24. The molecule has 1 fully saturated rings. The van der Waals surface area contributed by atoms with Crippen LogP contribution in [0.4, 0.5) is 5.69 Å². The normalized spacial score (nSPS) is 22.0. The maximum absolute atomic E-state index is 9.17. The van der Waals surface area contributed by atoms with Crippen molar-refractivity contribution in [2.75, 3.05) is 18.5 Å². The van der Waals surface area contributed by atoms with Crippen molar-refractivity contribution in [1.82, 2.24) is 0 Å². The van der Waals surface area contributed by atoms with Crippen LogP contribution in [-0.4, -0.2) is 13.6 Å². The largest absolute Gasteiger partial charge is 0.373 e. The molecule has 0 radical (unpaired) electrons. The van der Waals surface area contributed by atoms with Gasteiger partial charge in [0.25, 0.3) is 0 Å². The predicted molar refractivity (Wildman–Crippen MR) is 69.6 cm³/mol. The Kier molecular flexibility index (Phi) is 3.35. The van der Waals surface area contributed by atoms with Crippen LogP contribution in [0, 0.1) is 23.2 Å². The molecule has 2 unspecified atom stereocenters. The Hall–Kier alpha value is -1.53. The zero-order valence-corrected chi connectivity index (χ0v) is 10.5. The Bertz CT molecular complexity index is 447. The Morgan fingerprint density at radius 1 is 1.53 bits per heavy atom. The lowest BCUT2D eigenvalue weighted by molar-refractivity contribution is 0.725. The molecule has 1 aromatic carbocycles. The molecule has 2 atom stereocenters. The molecule has 0 bridgehead atoms. The van der Waals surface area contributed by atoms with Crippen LogP contribution in [0.5, 0.6) is 0 Å². The molecular formula is C14H19N3. The van der Waals surface area contributed by atoms with Crippen molar-refractivity contribution in [3.8, 4) is 6.07 Å². The Morgan fingerprint density at radius 2 is 2.24 bits per heavy atom. The van der Waals surface area contributed by atoms with Gasteiger partial charge in [-0.3, -0.25) is 0 Å². The summed E-state index contributed by atoms with van der Waals surface area (Å²) in [7, 11) is 2.06. The van der Waals surface area contributed by atoms with E-state index in [1.54, 1.807) is 0 Å². The van der Waals surface area contributed by atoms with E-state index in [-0.39, 0.29) is 0 Å². The molecule has 1 saturated carbocycles. The average Bonchev–Trinajstić information content (AvgIpc) is 3.03. The molecule has 2 N–H and O–H groups in total. The van der Waals surface area contributed by atoms with Crippen LogP contribution < -0.4 is 10.6 Å². The van der Waals surface area contributed by atoms with E-state index >= 15 is 0 Å². The summed E-state index contributed by atoms with van der Waals surface area (Å²) >= 11 is 0. The predicted octanol–water partition coefficient (Wildman–Crippen LogP) is 2.11. The molecule has 0 saturated heterocycles. The van der Waals surface area contributed by atoms with E-state index in [9.17, 15) is 5.26 Å². The van der Waals surface area contributed by atoms with E-state index in [2.05, 4.69) is 24.9 Å². The molecule has 0 heterocycles. The van der Waals surface area contributed by atoms with Gasteiger partial charge in [0.05, 0.1) is 11.3 Å². The fraction of sp³-hybridized carbons (Fsp3) is 0.500. The zero-order valence-electron chi connectivity index (χ0n) is 10.5. The Morgan fingerprint density at radius 3 is 2.76 bits per heavy atom. The number of hydrogen-bond donors (Lipinski definition) is 1. The maximum Gasteiger partial charge on any atom is 0.101 e. The SMILES string of the molecule is CC1CC1CN(C)c1ccc(CN)cc1C#N. The standard InChI is InChI=1S/C14H19N3/c1-10-5-13(10)9-17(2)14-4-3-11(7-15)6-12(14)8-16/h3-4,6,10,13H,5,7,9,15H2,1-2H3. The molecule has 0 amide bonds. The van der Waals surface area contributed by atoms with Gasteiger partial charge < -0.3 is 10.6 Å². The third-order valence-corrected chi connectivity index (χ3v) is 3.61. The molecule has 1 aliphatic carbocycles. The highest BCUT2D eigenvalue weighted by Crippen LogP contribution is 2.39. The Labute approximate surface area is 103 Å². The third-order valence-electron chi connectivity index (χ3n) is 3.61. The summed E-state index contributed by atoms with van der Waals surface area (Å²) in [5, 5.41) is 9.17. The maximum atomic E-state index is 9.17. The monoisotopic (exact) mass is 229 g/mol. The van der Waals surface area contributed by atoms with Crippen molar-refractivity contribution >= 4 is 5.69 Å². The second-order valence-electron chi connectivity index (χ2n) is 5.02. The third kappa shape index (κ3) is 2.59. The first-order valence-electron chi connectivity index (χ1n) is 6.10. The van der Waals surface area contributed by atoms with Crippen LogP contribution in [0.3, 0.4) is 0 Å². The lowest BCUT2D eigenvalue weighted by Crippen LogP contribution is -2.21. The van der Waals surface area contributed by atoms with Crippen LogP contribution >= 0.6 is 0 Å². The number of nitriles is 1. The second kappa shape index (κ2) is 4.77. The van der Waals surface area contributed by atoms with Gasteiger partial charge in [-0.2, -0.15) is 5.26 Å². The van der Waals surface area contributed by atoms with Crippen LogP contribution in [0.1, 0.15) is 24.5 Å². The molecule has 3 nitrogen and oxygen atoms in total. The summed E-state index contributed by atoms with van der Waals surface area (Å²) < 4.78 is 0. The second-order valence-corrected chi connectivity index (χ2v) is 5.02. The fourth-order valence-corrected chi connectivity index (χ4v) is 2.24. The highest BCUT2D eigenvalue weighted by Gasteiger charge is 2.33. The summed E-state index contributed by atoms with van der Waals surface area (Å²) in [5.74, 6) is 1.63. The van der Waals surface area contributed by atoms with Crippen LogP contribution in [0.2, 0.25) is 0 Å². The summed E-state index contributed by atoms with van der Waals surface area (Å²) in [4.78, 5) is 2.19. The smallest absolute Gasteiger partial charge is 0.101 e. The lowest BCUT2D eigenvalue weighted by Gasteiger charge is -2.21. The van der Waals surface area contributed by atoms with Gasteiger partial charge >= 0.3 is 0 Å². The first-order chi connectivity index (χ1) is 8.15. The molecule has 1 aromatic rings. The lowest BCUT2D eigenvalue weighted by atomic mass is 10.1. The number of rotatable bonds is 4. The highest BCUT2D eigenvalue weighted by atomic mass is 15.1. The van der Waals surface area contributed by atoms with Gasteiger partial charge in [-0.1, -0.05) is 13.0 Å². The first-order valence-corrected chi connectivity index (χ1v) is 6.10. The molecule has 1 aliphatic rings. The van der Waals surface area contributed by atoms with E-state index < -0.39 is 0 Å². The van der Waals surface area contributed by atoms with E-state index in [1.165, 1.54) is 6.42 Å². The topological polar surface area (TPSA) is 53.0 Å². The number of anilines is 1. The van der Waals surface area contributed by atoms with Crippen molar-refractivity contribution in [3.63, 3.8) is 0 Å². The molecule has 90 valence electrons. The molecule has 3 heteroatoms. The minimum Gasteiger partial charge on any atom is -0.373 e. The number of nitrogens with two attached hydrogens (primary N) is 1. The molecule has 0 aromatic heterocycles. The van der Waals surface area contributed by atoms with Gasteiger partial charge in [-0.05, 0) is 36.0 Å². The minimum absolute atomic E-state index is 0.484. The molecule has 17 heavy (non-hydrogen) atoms. The van der Waals surface area contributed by atoms with Gasteiger partial charge in [0.15, 0.2) is 0 Å². The van der Waals surface area contributed by atoms with E-state index in [0.717, 1.165) is 35.2 Å². The van der Waals surface area contributed by atoms with Crippen molar-refractivity contribution in [2.24, 2.45) is 17.6 Å². The first kappa shape index (κ1) is 11.9. The van der Waals surface area contributed by atoms with Gasteiger partial charge in [-0.15, -0.1) is 0 Å². The van der Waals surface area contributed by atoms with Crippen molar-refractivity contribution in [1.29, 1.82) is 5.26 Å². The molecule has 2 rings (SSSR count). The van der Waals surface area contributed by atoms with E-state index in [1.807, 2.05) is 18.2 Å². The van der Waals surface area contributed by atoms with Crippen LogP contribution in [-0.2, 0) is 6.54 Å². The van der Waals surface area contributed by atoms with Crippen molar-refractivity contribution in [2.45, 2.75) is 19.9 Å². The highest BCUT2D eigenvalue weighted by molar-refractivity contribution is 5.60. The summed E-state index contributed by atoms with van der Waals surface area (Å²) in [6.07, 6.45) is 1.31. The van der Waals surface area contributed by atoms with Gasteiger partial charge in [0, 0.05) is 20.1 Å². The molecule has 0 spiro atoms. The van der Waals surface area contributed by atoms with Gasteiger partial charge in [-0.25, -0.2) is 0 Å². The average molecular weight is 229 g/mol. The van der Waals surface area contributed by atoms with E-state index in [0.29, 0.717) is 6.54 Å². The molecular weight excluding hydrogens is 210 g/mol. The number of benzene rings is 1. The minimum atomic E-state index is 0.484. The Balaban J connectivity index is 2.16. The van der Waals surface area contributed by atoms with Gasteiger partial charge in [0.1, 0.15) is 6.07 Å². The number of nitrogens with zero attached hydrogens (tertiary/aromatic N) is 2. The van der Waals surface area contributed by atoms with Gasteiger partial charge in [0.2, 0.25) is 0 Å². The summed E-state index contributed by atoms with van der Waals surface area (Å²) in [6.45, 7) is 3.80. The summed E-state index contributed by atoms with van der Waals surface area (Å²) in [6, 6.07) is 8.16. The summed E-state index contributed by atoms with van der Waals surface area (Å²) in [5.41, 5.74) is 8.34. The van der Waals surface area contributed by atoms with Crippen molar-refractivity contribution in [3.05, 3.63) is 29.3 Å². The quantitative estimate of drug-likeness (QED) is 0.860. The van der Waals surface area contributed by atoms with Crippen molar-refractivity contribution < 1.29 is 0 Å². The van der Waals surface area contributed by atoms with Crippen LogP contribution in [0.15, 0.2) is 18.2 Å². The molecule has 0 aliphatic heterocycles. The zero-order chi connectivity index (χ0) is 12.4. The van der Waals surface area contributed by atoms with Crippen LogP contribution in [0.25, 0.3) is 0 Å². The number of hydrogen-bond acceptors (Lipinski definition) is 3.